The second kappa shape index (κ2) is 8.32. The molecule has 1 atom stereocenters. The monoisotopic (exact) mass is 415 g/mol. The predicted molar refractivity (Wildman–Crippen MR) is 116 cm³/mol. The molecule has 5 rings (SSSR count). The fourth-order valence-electron chi connectivity index (χ4n) is 4.28. The number of nitrogens with one attached hydrogen (secondary N) is 1. The quantitative estimate of drug-likeness (QED) is 0.503. The number of fused-ring (bicyclic) bond motifs is 1. The molecule has 4 aromatic rings. The topological polar surface area (TPSA) is 63.6 Å². The molecule has 31 heavy (non-hydrogen) atoms. The number of furan rings is 2. The van der Waals surface area contributed by atoms with Crippen molar-refractivity contribution in [3.05, 3.63) is 107 Å². The summed E-state index contributed by atoms with van der Waals surface area (Å²) < 4.78 is 13.5. The van der Waals surface area contributed by atoms with Gasteiger partial charge in [0.2, 0.25) is 0 Å². The minimum absolute atomic E-state index is 0.143. The van der Waals surface area contributed by atoms with Crippen LogP contribution in [-0.4, -0.2) is 21.9 Å². The number of amides is 1. The van der Waals surface area contributed by atoms with E-state index in [1.54, 1.807) is 18.4 Å². The summed E-state index contributed by atoms with van der Waals surface area (Å²) >= 11 is 0. The maximum atomic E-state index is 12.4. The zero-order valence-corrected chi connectivity index (χ0v) is 17.5. The Morgan fingerprint density at radius 2 is 2.00 bits per heavy atom. The summed E-state index contributed by atoms with van der Waals surface area (Å²) in [7, 11) is 0. The molecule has 0 aliphatic carbocycles. The fraction of sp³-hybridized carbons (Fsp3) is 0.240. The van der Waals surface area contributed by atoms with Gasteiger partial charge in [0.05, 0.1) is 25.4 Å². The highest BCUT2D eigenvalue weighted by atomic mass is 16.4. The molecule has 6 heteroatoms. The summed E-state index contributed by atoms with van der Waals surface area (Å²) in [5.74, 6) is 1.55. The van der Waals surface area contributed by atoms with E-state index in [1.165, 1.54) is 16.8 Å². The average molecular weight is 415 g/mol. The van der Waals surface area contributed by atoms with Crippen molar-refractivity contribution in [3.63, 3.8) is 0 Å². The van der Waals surface area contributed by atoms with Gasteiger partial charge in [-0.15, -0.1) is 0 Å². The van der Waals surface area contributed by atoms with Crippen molar-refractivity contribution < 1.29 is 13.6 Å². The van der Waals surface area contributed by atoms with Crippen LogP contribution >= 0.6 is 0 Å². The van der Waals surface area contributed by atoms with Crippen molar-refractivity contribution in [2.75, 3.05) is 6.54 Å². The van der Waals surface area contributed by atoms with Crippen LogP contribution in [0.4, 0.5) is 0 Å². The van der Waals surface area contributed by atoms with E-state index in [2.05, 4.69) is 64.3 Å². The average Bonchev–Trinajstić information content (AvgIpc) is 3.53. The molecule has 1 aliphatic heterocycles. The normalized spacial score (nSPS) is 16.2. The Morgan fingerprint density at radius 1 is 1.06 bits per heavy atom. The van der Waals surface area contributed by atoms with Gasteiger partial charge < -0.3 is 18.7 Å². The SMILES string of the molecule is Cc1cccc(C2c3cccn3CCN2Cc2ccc(C(=O)NCc3ccco3)o2)c1. The number of nitrogens with zero attached hydrogens (tertiary/aromatic N) is 2. The fourth-order valence-corrected chi connectivity index (χ4v) is 4.28. The van der Waals surface area contributed by atoms with Gasteiger partial charge in [0, 0.05) is 25.0 Å². The van der Waals surface area contributed by atoms with E-state index in [0.717, 1.165) is 18.8 Å². The molecule has 0 radical (unpaired) electrons. The van der Waals surface area contributed by atoms with Crippen molar-refractivity contribution in [1.82, 2.24) is 14.8 Å². The summed E-state index contributed by atoms with van der Waals surface area (Å²) in [5.41, 5.74) is 3.79. The third kappa shape index (κ3) is 4.07. The Balaban J connectivity index is 1.33. The van der Waals surface area contributed by atoms with Gasteiger partial charge in [-0.25, -0.2) is 0 Å². The number of rotatable bonds is 6. The van der Waals surface area contributed by atoms with Crippen molar-refractivity contribution in [3.8, 4) is 0 Å². The van der Waals surface area contributed by atoms with Gasteiger partial charge in [0.25, 0.3) is 5.91 Å². The molecule has 4 heterocycles. The molecule has 158 valence electrons. The molecule has 1 N–H and O–H groups in total. The van der Waals surface area contributed by atoms with Crippen LogP contribution in [0.25, 0.3) is 0 Å². The van der Waals surface area contributed by atoms with Gasteiger partial charge in [-0.1, -0.05) is 29.8 Å². The van der Waals surface area contributed by atoms with Gasteiger partial charge in [-0.3, -0.25) is 9.69 Å². The lowest BCUT2D eigenvalue weighted by molar-refractivity contribution is 0.0913. The smallest absolute Gasteiger partial charge is 0.287 e. The van der Waals surface area contributed by atoms with E-state index in [-0.39, 0.29) is 11.9 Å². The Morgan fingerprint density at radius 3 is 2.84 bits per heavy atom. The van der Waals surface area contributed by atoms with Crippen LogP contribution in [0.1, 0.15) is 44.9 Å². The number of hydrogen-bond donors (Lipinski definition) is 1. The molecule has 6 nitrogen and oxygen atoms in total. The van der Waals surface area contributed by atoms with E-state index >= 15 is 0 Å². The van der Waals surface area contributed by atoms with Crippen LogP contribution in [0.3, 0.4) is 0 Å². The van der Waals surface area contributed by atoms with Crippen molar-refractivity contribution in [1.29, 1.82) is 0 Å². The van der Waals surface area contributed by atoms with E-state index in [0.29, 0.717) is 24.6 Å². The highest BCUT2D eigenvalue weighted by Crippen LogP contribution is 2.34. The zero-order chi connectivity index (χ0) is 21.2. The predicted octanol–water partition coefficient (Wildman–Crippen LogP) is 4.52. The van der Waals surface area contributed by atoms with Crippen LogP contribution in [0, 0.1) is 6.92 Å². The third-order valence-electron chi connectivity index (χ3n) is 5.74. The molecule has 0 saturated heterocycles. The molecule has 0 spiro atoms. The molecule has 1 amide bonds. The van der Waals surface area contributed by atoms with Gasteiger partial charge in [-0.2, -0.15) is 0 Å². The largest absolute Gasteiger partial charge is 0.467 e. The first kappa shape index (κ1) is 19.5. The first-order valence-electron chi connectivity index (χ1n) is 10.5. The first-order valence-corrected chi connectivity index (χ1v) is 10.5. The Kier molecular flexibility index (Phi) is 5.22. The minimum atomic E-state index is -0.245. The van der Waals surface area contributed by atoms with Crippen LogP contribution in [0.5, 0.6) is 0 Å². The molecule has 0 saturated carbocycles. The van der Waals surface area contributed by atoms with Gasteiger partial charge >= 0.3 is 0 Å². The van der Waals surface area contributed by atoms with Crippen LogP contribution in [0.2, 0.25) is 0 Å². The maximum absolute atomic E-state index is 12.4. The summed E-state index contributed by atoms with van der Waals surface area (Å²) in [5, 5.41) is 2.83. The summed E-state index contributed by atoms with van der Waals surface area (Å²) in [6, 6.07) is 20.4. The summed E-state index contributed by atoms with van der Waals surface area (Å²) in [6.07, 6.45) is 3.73. The summed E-state index contributed by atoms with van der Waals surface area (Å²) in [4.78, 5) is 14.8. The highest BCUT2D eigenvalue weighted by Gasteiger charge is 2.29. The molecule has 0 fully saturated rings. The molecule has 3 aromatic heterocycles. The standard InChI is InChI=1S/C25H25N3O3/c1-18-5-2-6-19(15-18)24-22-8-3-11-27(22)12-13-28(24)17-21-9-10-23(31-21)25(29)26-16-20-7-4-14-30-20/h2-11,14-15,24H,12-13,16-17H2,1H3,(H,26,29). The maximum Gasteiger partial charge on any atom is 0.287 e. The van der Waals surface area contributed by atoms with Crippen LogP contribution in [0.15, 0.2) is 82.0 Å². The highest BCUT2D eigenvalue weighted by molar-refractivity contribution is 5.91. The van der Waals surface area contributed by atoms with Crippen LogP contribution < -0.4 is 5.32 Å². The lowest BCUT2D eigenvalue weighted by Crippen LogP contribution is -2.37. The number of aromatic nitrogens is 1. The van der Waals surface area contributed by atoms with E-state index in [9.17, 15) is 4.79 Å². The van der Waals surface area contributed by atoms with Crippen molar-refractivity contribution in [2.24, 2.45) is 0 Å². The second-order valence-electron chi connectivity index (χ2n) is 7.94. The van der Waals surface area contributed by atoms with Crippen molar-refractivity contribution in [2.45, 2.75) is 32.6 Å². The number of benzene rings is 1. The number of carbonyl (C=O) groups is 1. The number of aryl methyl sites for hydroxylation is 1. The third-order valence-corrected chi connectivity index (χ3v) is 5.74. The lowest BCUT2D eigenvalue weighted by atomic mass is 9.98. The van der Waals surface area contributed by atoms with E-state index in [4.69, 9.17) is 8.83 Å². The van der Waals surface area contributed by atoms with Gasteiger partial charge in [0.15, 0.2) is 5.76 Å². The van der Waals surface area contributed by atoms with Gasteiger partial charge in [-0.05, 0) is 48.9 Å². The molecule has 0 bridgehead atoms. The summed E-state index contributed by atoms with van der Waals surface area (Å²) in [6.45, 7) is 4.92. The van der Waals surface area contributed by atoms with E-state index < -0.39 is 0 Å². The molecular weight excluding hydrogens is 390 g/mol. The molecule has 1 aromatic carbocycles. The first-order chi connectivity index (χ1) is 15.2. The lowest BCUT2D eigenvalue weighted by Gasteiger charge is -2.37. The van der Waals surface area contributed by atoms with Crippen LogP contribution in [-0.2, 0) is 19.6 Å². The van der Waals surface area contributed by atoms with Gasteiger partial charge in [0.1, 0.15) is 11.5 Å². The molecule has 1 aliphatic rings. The Hall–Kier alpha value is -3.51. The van der Waals surface area contributed by atoms with E-state index in [1.807, 2.05) is 12.1 Å². The van der Waals surface area contributed by atoms with Crippen molar-refractivity contribution >= 4 is 5.91 Å². The zero-order valence-electron chi connectivity index (χ0n) is 17.5. The Bertz CT molecular complexity index is 1170. The minimum Gasteiger partial charge on any atom is -0.467 e. The molecule has 1 unspecified atom stereocenters. The number of carbonyl (C=O) groups excluding carboxylic acids is 1. The Labute approximate surface area is 181 Å². The number of hydrogen-bond acceptors (Lipinski definition) is 4. The molecular formula is C25H25N3O3. The second-order valence-corrected chi connectivity index (χ2v) is 7.94.